The molecule has 1 saturated carbocycles. The molecule has 2 amide bonds. The Morgan fingerprint density at radius 3 is 2.44 bits per heavy atom. The lowest BCUT2D eigenvalue weighted by Gasteiger charge is -2.18. The molecule has 0 bridgehead atoms. The van der Waals surface area contributed by atoms with Crippen LogP contribution in [-0.2, 0) is 19.1 Å². The Balaban J connectivity index is 1.05. The third-order valence-corrected chi connectivity index (χ3v) is 8.81. The standard InChI is InChI=1S/C37H40FN5O7/c1-23(39)34(44)49-26-12-17-43(22-26)16-6-18-48-33-21-29-27(20-32(33)47-2)30(11-15-40-29)50-31-10-9-25(19-28(31)38)42-36(46)37(13-14-37)35(45)41-24-7-4-3-5-8-24/h3-5,7-11,15,19-21,23,26H,6,12-14,16-18,22,39H2,1-2H3,(H,41,45)(H,42,46)/t23-,26?/m1/s1. The van der Waals surface area contributed by atoms with Gasteiger partial charge in [0, 0.05) is 54.7 Å². The van der Waals surface area contributed by atoms with Crippen LogP contribution in [0.3, 0.4) is 0 Å². The summed E-state index contributed by atoms with van der Waals surface area (Å²) in [4.78, 5) is 44.4. The van der Waals surface area contributed by atoms with E-state index in [1.807, 2.05) is 6.07 Å². The molecule has 4 aromatic rings. The molecule has 3 aromatic carbocycles. The number of benzene rings is 3. The largest absolute Gasteiger partial charge is 0.493 e. The minimum absolute atomic E-state index is 0.0609. The molecular weight excluding hydrogens is 645 g/mol. The first-order valence-corrected chi connectivity index (χ1v) is 16.6. The number of para-hydroxylation sites is 1. The van der Waals surface area contributed by atoms with Gasteiger partial charge >= 0.3 is 5.97 Å². The lowest BCUT2D eigenvalue weighted by molar-refractivity contribution is -0.149. The van der Waals surface area contributed by atoms with E-state index in [-0.39, 0.29) is 23.5 Å². The molecule has 2 fully saturated rings. The van der Waals surface area contributed by atoms with Crippen molar-refractivity contribution in [3.63, 3.8) is 0 Å². The second-order valence-corrected chi connectivity index (χ2v) is 12.6. The molecule has 1 aliphatic carbocycles. The minimum atomic E-state index is -1.20. The van der Waals surface area contributed by atoms with Crippen LogP contribution in [0.15, 0.2) is 72.9 Å². The number of carbonyl (C=O) groups is 3. The van der Waals surface area contributed by atoms with Gasteiger partial charge in [0.05, 0.1) is 19.2 Å². The van der Waals surface area contributed by atoms with Crippen molar-refractivity contribution in [1.29, 1.82) is 0 Å². The van der Waals surface area contributed by atoms with Gasteiger partial charge in [-0.1, -0.05) is 18.2 Å². The molecule has 1 aliphatic heterocycles. The van der Waals surface area contributed by atoms with Crippen molar-refractivity contribution in [1.82, 2.24) is 9.88 Å². The highest BCUT2D eigenvalue weighted by Gasteiger charge is 2.56. The molecular formula is C37H40FN5O7. The van der Waals surface area contributed by atoms with Crippen molar-refractivity contribution in [3.05, 3.63) is 78.7 Å². The van der Waals surface area contributed by atoms with E-state index in [4.69, 9.17) is 24.7 Å². The number of nitrogens with two attached hydrogens (primary N) is 1. The number of anilines is 2. The van der Waals surface area contributed by atoms with Crippen molar-refractivity contribution in [2.45, 2.75) is 44.8 Å². The average Bonchev–Trinajstić information content (AvgIpc) is 3.82. The monoisotopic (exact) mass is 685 g/mol. The molecule has 262 valence electrons. The first-order valence-electron chi connectivity index (χ1n) is 16.6. The van der Waals surface area contributed by atoms with Crippen molar-refractivity contribution >= 4 is 40.1 Å². The highest BCUT2D eigenvalue weighted by molar-refractivity contribution is 6.16. The number of hydrogen-bond acceptors (Lipinski definition) is 10. The lowest BCUT2D eigenvalue weighted by atomic mass is 10.0. The maximum Gasteiger partial charge on any atom is 0.322 e. The first kappa shape index (κ1) is 34.6. The van der Waals surface area contributed by atoms with Crippen LogP contribution in [0.2, 0.25) is 0 Å². The lowest BCUT2D eigenvalue weighted by Crippen LogP contribution is -2.35. The molecule has 50 heavy (non-hydrogen) atoms. The van der Waals surface area contributed by atoms with Gasteiger partial charge in [-0.25, -0.2) is 4.39 Å². The van der Waals surface area contributed by atoms with Crippen LogP contribution in [0.25, 0.3) is 10.9 Å². The Hall–Kier alpha value is -5.27. The van der Waals surface area contributed by atoms with Crippen LogP contribution in [-0.4, -0.2) is 73.2 Å². The highest BCUT2D eigenvalue weighted by Crippen LogP contribution is 2.47. The quantitative estimate of drug-likeness (QED) is 0.0909. The molecule has 1 unspecified atom stereocenters. The maximum absolute atomic E-state index is 15.3. The summed E-state index contributed by atoms with van der Waals surface area (Å²) in [5.74, 6) is -0.717. The van der Waals surface area contributed by atoms with E-state index in [9.17, 15) is 14.4 Å². The molecule has 0 spiro atoms. The summed E-state index contributed by atoms with van der Waals surface area (Å²) in [6, 6.07) is 17.5. The van der Waals surface area contributed by atoms with Crippen LogP contribution in [0, 0.1) is 11.2 Å². The number of hydrogen-bond donors (Lipinski definition) is 3. The zero-order chi connectivity index (χ0) is 35.3. The number of nitrogens with zero attached hydrogens (tertiary/aromatic N) is 2. The number of likely N-dealkylation sites (tertiary alicyclic amines) is 1. The van der Waals surface area contributed by atoms with Gasteiger partial charge < -0.3 is 35.3 Å². The van der Waals surface area contributed by atoms with Crippen LogP contribution < -0.4 is 30.6 Å². The van der Waals surface area contributed by atoms with Crippen molar-refractivity contribution in [3.8, 4) is 23.0 Å². The Morgan fingerprint density at radius 2 is 1.74 bits per heavy atom. The summed E-state index contributed by atoms with van der Waals surface area (Å²) >= 11 is 0. The zero-order valence-electron chi connectivity index (χ0n) is 27.9. The number of aromatic nitrogens is 1. The van der Waals surface area contributed by atoms with Gasteiger partial charge in [-0.3, -0.25) is 24.3 Å². The second kappa shape index (κ2) is 15.1. The predicted octanol–water partition coefficient (Wildman–Crippen LogP) is 5.27. The SMILES string of the molecule is COc1cc2c(Oc3ccc(NC(=O)C4(C(=O)Nc5ccccc5)CC4)cc3F)ccnc2cc1OCCCN1CCC(OC(=O)[C@@H](C)N)C1. The topological polar surface area (TPSA) is 154 Å². The van der Waals surface area contributed by atoms with Gasteiger partial charge in [0.25, 0.3) is 0 Å². The van der Waals surface area contributed by atoms with Gasteiger partial charge in [-0.15, -0.1) is 0 Å². The second-order valence-electron chi connectivity index (χ2n) is 12.6. The Morgan fingerprint density at radius 1 is 0.980 bits per heavy atom. The Bertz CT molecular complexity index is 1870. The Kier molecular flexibility index (Phi) is 10.4. The normalized spacial score (nSPS) is 17.1. The van der Waals surface area contributed by atoms with Crippen molar-refractivity contribution < 1.29 is 37.7 Å². The molecule has 4 N–H and O–H groups in total. The Labute approximate surface area is 289 Å². The molecule has 1 aromatic heterocycles. The zero-order valence-corrected chi connectivity index (χ0v) is 27.9. The number of amides is 2. The number of esters is 1. The number of pyridine rings is 1. The molecule has 1 saturated heterocycles. The molecule has 2 atom stereocenters. The number of halogens is 1. The minimum Gasteiger partial charge on any atom is -0.493 e. The van der Waals surface area contributed by atoms with Crippen LogP contribution in [0.5, 0.6) is 23.0 Å². The number of methoxy groups -OCH3 is 1. The summed E-state index contributed by atoms with van der Waals surface area (Å²) in [6.45, 7) is 4.30. The summed E-state index contributed by atoms with van der Waals surface area (Å²) in [5, 5.41) is 6.05. The predicted molar refractivity (Wildman–Crippen MR) is 185 cm³/mol. The van der Waals surface area contributed by atoms with Gasteiger partial charge in [0.1, 0.15) is 23.3 Å². The number of carbonyl (C=O) groups excluding carboxylic acids is 3. The van der Waals surface area contributed by atoms with Crippen LogP contribution in [0.4, 0.5) is 15.8 Å². The summed E-state index contributed by atoms with van der Waals surface area (Å²) in [7, 11) is 1.53. The molecule has 6 rings (SSSR count). The van der Waals surface area contributed by atoms with Crippen LogP contribution in [0.1, 0.15) is 32.6 Å². The average molecular weight is 686 g/mol. The molecule has 0 radical (unpaired) electrons. The summed E-state index contributed by atoms with van der Waals surface area (Å²) in [6.07, 6.45) is 3.72. The molecule has 12 nitrogen and oxygen atoms in total. The van der Waals surface area contributed by atoms with E-state index in [2.05, 4.69) is 20.5 Å². The fraction of sp³-hybridized carbons (Fsp3) is 0.351. The van der Waals surface area contributed by atoms with Crippen molar-refractivity contribution in [2.24, 2.45) is 11.1 Å². The molecule has 2 aliphatic rings. The van der Waals surface area contributed by atoms with Gasteiger partial charge in [0.2, 0.25) is 11.8 Å². The van der Waals surface area contributed by atoms with E-state index in [0.29, 0.717) is 59.8 Å². The third kappa shape index (κ3) is 7.95. The van der Waals surface area contributed by atoms with Gasteiger partial charge in [0.15, 0.2) is 23.1 Å². The number of rotatable bonds is 14. The highest BCUT2D eigenvalue weighted by atomic mass is 19.1. The fourth-order valence-corrected chi connectivity index (χ4v) is 5.81. The molecule has 2 heterocycles. The van der Waals surface area contributed by atoms with E-state index in [0.717, 1.165) is 32.0 Å². The summed E-state index contributed by atoms with van der Waals surface area (Å²) in [5.41, 5.74) is 5.77. The van der Waals surface area contributed by atoms with E-state index >= 15 is 4.39 Å². The van der Waals surface area contributed by atoms with Crippen LogP contribution >= 0.6 is 0 Å². The maximum atomic E-state index is 15.3. The fourth-order valence-electron chi connectivity index (χ4n) is 5.81. The number of ether oxygens (including phenoxy) is 4. The van der Waals surface area contributed by atoms with Gasteiger partial charge in [-0.05, 0) is 69.0 Å². The molecule has 13 heteroatoms. The van der Waals surface area contributed by atoms with E-state index in [1.54, 1.807) is 55.6 Å². The number of fused-ring (bicyclic) bond motifs is 1. The van der Waals surface area contributed by atoms with E-state index < -0.39 is 29.1 Å². The third-order valence-electron chi connectivity index (χ3n) is 8.81. The van der Waals surface area contributed by atoms with E-state index in [1.165, 1.54) is 19.2 Å². The van der Waals surface area contributed by atoms with Crippen molar-refractivity contribution in [2.75, 3.05) is 44.0 Å². The summed E-state index contributed by atoms with van der Waals surface area (Å²) < 4.78 is 38.4. The first-order chi connectivity index (χ1) is 24.1. The van der Waals surface area contributed by atoms with Gasteiger partial charge in [-0.2, -0.15) is 0 Å². The number of nitrogens with one attached hydrogen (secondary N) is 2. The smallest absolute Gasteiger partial charge is 0.322 e.